The lowest BCUT2D eigenvalue weighted by Crippen LogP contribution is -2.25. The zero-order valence-corrected chi connectivity index (χ0v) is 10.5. The highest BCUT2D eigenvalue weighted by atomic mass is 79.9. The van der Waals surface area contributed by atoms with Crippen LogP contribution in [-0.2, 0) is 0 Å². The molecule has 0 aliphatic rings. The second-order valence-corrected chi connectivity index (χ2v) is 5.13. The van der Waals surface area contributed by atoms with Gasteiger partial charge in [-0.1, -0.05) is 27.7 Å². The number of nitrogens with one attached hydrogen (secondary N) is 1. The number of rotatable bonds is 3. The van der Waals surface area contributed by atoms with E-state index in [-0.39, 0.29) is 16.5 Å². The van der Waals surface area contributed by atoms with E-state index in [9.17, 15) is 18.0 Å². The van der Waals surface area contributed by atoms with Gasteiger partial charge in [-0.15, -0.1) is 0 Å². The van der Waals surface area contributed by atoms with E-state index < -0.39 is 11.0 Å². The van der Waals surface area contributed by atoms with Crippen LogP contribution in [0.1, 0.15) is 5.69 Å². The van der Waals surface area contributed by atoms with Gasteiger partial charge in [0.25, 0.3) is 5.56 Å². The van der Waals surface area contributed by atoms with Crippen LogP contribution in [0.25, 0.3) is 0 Å². The normalized spacial score (nSPS) is 13.8. The molecule has 0 radical (unpaired) electrons. The molecule has 1 N–H and O–H groups in total. The lowest BCUT2D eigenvalue weighted by molar-refractivity contribution is -0.122. The summed E-state index contributed by atoms with van der Waals surface area (Å²) < 4.78 is 36.5. The van der Waals surface area contributed by atoms with Crippen molar-refractivity contribution in [1.82, 2.24) is 9.97 Å². The molecule has 0 saturated heterocycles. The molecule has 3 nitrogen and oxygen atoms in total. The zero-order valence-electron chi connectivity index (χ0n) is 8.14. The van der Waals surface area contributed by atoms with Gasteiger partial charge in [0.15, 0.2) is 5.16 Å². The van der Waals surface area contributed by atoms with Gasteiger partial charge in [0, 0.05) is 17.5 Å². The van der Waals surface area contributed by atoms with Crippen LogP contribution < -0.4 is 5.56 Å². The van der Waals surface area contributed by atoms with Gasteiger partial charge in [-0.25, -0.2) is 4.98 Å². The maximum absolute atomic E-state index is 12.2. The summed E-state index contributed by atoms with van der Waals surface area (Å²) in [4.78, 5) is 15.7. The smallest absolute Gasteiger partial charge is 0.301 e. The molecule has 1 atom stereocenters. The Morgan fingerprint density at radius 3 is 2.75 bits per heavy atom. The van der Waals surface area contributed by atoms with Crippen LogP contribution >= 0.6 is 27.7 Å². The fraction of sp³-hybridized carbons (Fsp3) is 0.500. The van der Waals surface area contributed by atoms with E-state index >= 15 is 0 Å². The summed E-state index contributed by atoms with van der Waals surface area (Å²) in [6.45, 7) is 1.61. The fourth-order valence-corrected chi connectivity index (χ4v) is 2.14. The Hall–Kier alpha value is -0.500. The van der Waals surface area contributed by atoms with Crippen molar-refractivity contribution < 1.29 is 13.2 Å². The average Bonchev–Trinajstić information content (AvgIpc) is 2.11. The Bertz CT molecular complexity index is 420. The number of aryl methyl sites for hydroxylation is 1. The largest absolute Gasteiger partial charge is 0.402 e. The molecular formula is C8H8BrF3N2OS. The molecule has 1 aromatic heterocycles. The number of halogens is 4. The Labute approximate surface area is 102 Å². The van der Waals surface area contributed by atoms with Crippen molar-refractivity contribution in [3.05, 3.63) is 22.1 Å². The predicted molar refractivity (Wildman–Crippen MR) is 59.1 cm³/mol. The summed E-state index contributed by atoms with van der Waals surface area (Å²) in [6, 6.07) is 1.28. The van der Waals surface area contributed by atoms with Gasteiger partial charge in [-0.2, -0.15) is 13.2 Å². The van der Waals surface area contributed by atoms with Crippen molar-refractivity contribution >= 4 is 27.7 Å². The number of hydrogen-bond donors (Lipinski definition) is 1. The molecule has 1 aromatic rings. The van der Waals surface area contributed by atoms with Crippen LogP contribution in [0.3, 0.4) is 0 Å². The molecule has 0 aliphatic carbocycles. The van der Waals surface area contributed by atoms with Gasteiger partial charge in [0.2, 0.25) is 0 Å². The number of hydrogen-bond acceptors (Lipinski definition) is 3. The van der Waals surface area contributed by atoms with E-state index in [1.165, 1.54) is 6.07 Å². The Kier molecular flexibility index (Phi) is 4.43. The van der Waals surface area contributed by atoms with E-state index in [1.54, 1.807) is 6.92 Å². The summed E-state index contributed by atoms with van der Waals surface area (Å²) in [7, 11) is 0. The van der Waals surface area contributed by atoms with E-state index in [1.807, 2.05) is 0 Å². The molecule has 0 aromatic carbocycles. The molecule has 0 fully saturated rings. The highest BCUT2D eigenvalue weighted by Crippen LogP contribution is 2.30. The minimum Gasteiger partial charge on any atom is -0.301 e. The van der Waals surface area contributed by atoms with Crippen molar-refractivity contribution in [3.63, 3.8) is 0 Å². The zero-order chi connectivity index (χ0) is 12.3. The number of aromatic amines is 1. The third-order valence-electron chi connectivity index (χ3n) is 1.57. The number of thioether (sulfide) groups is 1. The molecule has 0 aliphatic heterocycles. The number of alkyl halides is 4. The van der Waals surface area contributed by atoms with Gasteiger partial charge in [0.05, 0.1) is 0 Å². The standard InChI is InChI=1S/C8H8BrF3N2OS/c1-4-2-6(15)14-7(13-4)16-3-5(9)8(10,11)12/h2,5H,3H2,1H3,(H,13,14,15). The van der Waals surface area contributed by atoms with E-state index in [4.69, 9.17) is 0 Å². The van der Waals surface area contributed by atoms with E-state index in [0.29, 0.717) is 5.69 Å². The molecule has 16 heavy (non-hydrogen) atoms. The van der Waals surface area contributed by atoms with Crippen LogP contribution in [0.15, 0.2) is 16.0 Å². The lowest BCUT2D eigenvalue weighted by atomic mass is 10.5. The first-order chi connectivity index (χ1) is 7.29. The quantitative estimate of drug-likeness (QED) is 0.529. The van der Waals surface area contributed by atoms with Crippen molar-refractivity contribution in [2.75, 3.05) is 5.75 Å². The molecule has 1 rings (SSSR count). The predicted octanol–water partition coefficient (Wildman–Crippen LogP) is 2.50. The monoisotopic (exact) mass is 316 g/mol. The van der Waals surface area contributed by atoms with Crippen LogP contribution in [-0.4, -0.2) is 26.7 Å². The van der Waals surface area contributed by atoms with Gasteiger partial charge in [0.1, 0.15) is 4.83 Å². The van der Waals surface area contributed by atoms with Gasteiger partial charge in [-0.3, -0.25) is 4.79 Å². The molecule has 1 heterocycles. The minimum absolute atomic E-state index is 0.193. The fourth-order valence-electron chi connectivity index (χ4n) is 0.867. The van der Waals surface area contributed by atoms with Crippen molar-refractivity contribution in [1.29, 1.82) is 0 Å². The molecule has 0 saturated carbocycles. The first kappa shape index (κ1) is 13.6. The van der Waals surface area contributed by atoms with Gasteiger partial charge in [-0.05, 0) is 6.92 Å². The molecule has 0 spiro atoms. The highest BCUT2D eigenvalue weighted by molar-refractivity contribution is 9.09. The first-order valence-corrected chi connectivity index (χ1v) is 6.10. The Morgan fingerprint density at radius 1 is 1.62 bits per heavy atom. The molecule has 1 unspecified atom stereocenters. The molecule has 0 amide bonds. The third-order valence-corrected chi connectivity index (χ3v) is 3.81. The molecule has 0 bridgehead atoms. The van der Waals surface area contributed by atoms with Crippen LogP contribution in [0.4, 0.5) is 13.2 Å². The first-order valence-electron chi connectivity index (χ1n) is 4.20. The summed E-state index contributed by atoms with van der Waals surface area (Å²) in [5.74, 6) is -0.240. The average molecular weight is 317 g/mol. The van der Waals surface area contributed by atoms with Gasteiger partial charge >= 0.3 is 6.18 Å². The van der Waals surface area contributed by atoms with E-state index in [2.05, 4.69) is 25.9 Å². The Balaban J connectivity index is 2.65. The Morgan fingerprint density at radius 2 is 2.25 bits per heavy atom. The second-order valence-electron chi connectivity index (χ2n) is 3.01. The second kappa shape index (κ2) is 5.22. The number of nitrogens with zero attached hydrogens (tertiary/aromatic N) is 1. The summed E-state index contributed by atoms with van der Waals surface area (Å²) in [5, 5.41) is 0.193. The molecule has 8 heteroatoms. The van der Waals surface area contributed by atoms with Crippen molar-refractivity contribution in [3.8, 4) is 0 Å². The molecule has 90 valence electrons. The van der Waals surface area contributed by atoms with E-state index in [0.717, 1.165) is 11.8 Å². The third kappa shape index (κ3) is 4.17. The lowest BCUT2D eigenvalue weighted by Gasteiger charge is -2.12. The maximum Gasteiger partial charge on any atom is 0.402 e. The van der Waals surface area contributed by atoms with Crippen LogP contribution in [0.5, 0.6) is 0 Å². The maximum atomic E-state index is 12.2. The SMILES string of the molecule is Cc1cc(=O)[nH]c(SCC(Br)C(F)(F)F)n1. The van der Waals surface area contributed by atoms with Gasteiger partial charge < -0.3 is 4.98 Å². The number of H-pyrrole nitrogens is 1. The van der Waals surface area contributed by atoms with Crippen LogP contribution in [0, 0.1) is 6.92 Å². The van der Waals surface area contributed by atoms with Crippen LogP contribution in [0.2, 0.25) is 0 Å². The van der Waals surface area contributed by atoms with Crippen molar-refractivity contribution in [2.45, 2.75) is 23.1 Å². The summed E-state index contributed by atoms with van der Waals surface area (Å²) in [6.07, 6.45) is -4.29. The van der Waals surface area contributed by atoms with Crippen molar-refractivity contribution in [2.24, 2.45) is 0 Å². The summed E-state index contributed by atoms with van der Waals surface area (Å²) in [5.41, 5.74) is 0.109. The summed E-state index contributed by atoms with van der Waals surface area (Å²) >= 11 is 3.38. The minimum atomic E-state index is -4.29. The molecular weight excluding hydrogens is 309 g/mol. The highest BCUT2D eigenvalue weighted by Gasteiger charge is 2.37. The number of aromatic nitrogens is 2. The topological polar surface area (TPSA) is 45.8 Å².